The van der Waals surface area contributed by atoms with Crippen molar-refractivity contribution in [1.29, 1.82) is 0 Å². The van der Waals surface area contributed by atoms with Gasteiger partial charge in [0.1, 0.15) is 5.60 Å². The monoisotopic (exact) mass is 359 g/mol. The lowest BCUT2D eigenvalue weighted by atomic mass is 9.98. The largest absolute Gasteiger partial charge is 0.444 e. The number of carbonyl (C=O) groups excluding carboxylic acids is 1. The maximum absolute atomic E-state index is 12.1. The lowest BCUT2D eigenvalue weighted by Crippen LogP contribution is -2.42. The zero-order chi connectivity index (χ0) is 18.9. The van der Waals surface area contributed by atoms with Crippen LogP contribution in [-0.2, 0) is 11.3 Å². The Hall–Kier alpha value is -1.75. The molecule has 1 aromatic carbocycles. The number of alkyl carbamates (subject to hydrolysis) is 1. The first-order valence-corrected chi connectivity index (χ1v) is 9.69. The summed E-state index contributed by atoms with van der Waals surface area (Å²) in [6.07, 6.45) is 1.99. The standard InChI is InChI=1S/C21H33N3O2/c1-21(2,3)26-20(25)22-19-11-8-16-13-24(14-18(16)19)12-15-6-9-17(10-7-15)23(4)5/h6-7,9-10,16,18-19H,8,11-14H2,1-5H3,(H,22,25)/t16-,18+,19-/m0/s1. The molecule has 5 heteroatoms. The molecule has 1 aromatic rings. The zero-order valence-corrected chi connectivity index (χ0v) is 16.8. The van der Waals surface area contributed by atoms with E-state index in [4.69, 9.17) is 4.74 Å². The van der Waals surface area contributed by atoms with Gasteiger partial charge in [0, 0.05) is 45.5 Å². The third-order valence-electron chi connectivity index (χ3n) is 5.49. The van der Waals surface area contributed by atoms with Crippen LogP contribution in [0.15, 0.2) is 24.3 Å². The van der Waals surface area contributed by atoms with Crippen LogP contribution >= 0.6 is 0 Å². The number of fused-ring (bicyclic) bond motifs is 1. The Balaban J connectivity index is 1.53. The van der Waals surface area contributed by atoms with Gasteiger partial charge in [-0.3, -0.25) is 4.90 Å². The molecule has 3 rings (SSSR count). The van der Waals surface area contributed by atoms with Gasteiger partial charge in [0.25, 0.3) is 0 Å². The molecule has 1 saturated carbocycles. The van der Waals surface area contributed by atoms with Gasteiger partial charge in [-0.25, -0.2) is 4.79 Å². The van der Waals surface area contributed by atoms with E-state index < -0.39 is 5.60 Å². The molecular formula is C21H33N3O2. The van der Waals surface area contributed by atoms with Gasteiger partial charge in [0.2, 0.25) is 0 Å². The summed E-state index contributed by atoms with van der Waals surface area (Å²) in [6.45, 7) is 8.89. The van der Waals surface area contributed by atoms with Gasteiger partial charge >= 0.3 is 6.09 Å². The topological polar surface area (TPSA) is 44.8 Å². The quantitative estimate of drug-likeness (QED) is 0.894. The number of benzene rings is 1. The van der Waals surface area contributed by atoms with Crippen molar-refractivity contribution in [2.75, 3.05) is 32.1 Å². The van der Waals surface area contributed by atoms with Crippen molar-refractivity contribution in [2.45, 2.75) is 51.8 Å². The molecule has 1 aliphatic carbocycles. The average Bonchev–Trinajstić information content (AvgIpc) is 3.07. The molecule has 1 aliphatic heterocycles. The SMILES string of the molecule is CN(C)c1ccc(CN2C[C@@H]3CC[C@H](NC(=O)OC(C)(C)C)[C@@H]3C2)cc1. The number of hydrogen-bond acceptors (Lipinski definition) is 4. The van der Waals surface area contributed by atoms with E-state index in [0.717, 1.165) is 26.1 Å². The lowest BCUT2D eigenvalue weighted by molar-refractivity contribution is 0.0491. The van der Waals surface area contributed by atoms with Crippen LogP contribution in [0.2, 0.25) is 0 Å². The lowest BCUT2D eigenvalue weighted by Gasteiger charge is -2.25. The second-order valence-corrected chi connectivity index (χ2v) is 9.01. The second kappa shape index (κ2) is 7.47. The molecule has 144 valence electrons. The summed E-state index contributed by atoms with van der Waals surface area (Å²) in [7, 11) is 4.13. The van der Waals surface area contributed by atoms with E-state index in [1.54, 1.807) is 0 Å². The molecule has 1 saturated heterocycles. The minimum absolute atomic E-state index is 0.246. The number of nitrogens with one attached hydrogen (secondary N) is 1. The molecule has 2 fully saturated rings. The Morgan fingerprint density at radius 2 is 1.88 bits per heavy atom. The molecule has 1 amide bonds. The number of amides is 1. The molecule has 26 heavy (non-hydrogen) atoms. The third-order valence-corrected chi connectivity index (χ3v) is 5.49. The van der Waals surface area contributed by atoms with Crippen LogP contribution < -0.4 is 10.2 Å². The van der Waals surface area contributed by atoms with Crippen molar-refractivity contribution in [1.82, 2.24) is 10.2 Å². The summed E-state index contributed by atoms with van der Waals surface area (Å²) in [5.74, 6) is 1.24. The first-order chi connectivity index (χ1) is 12.2. The van der Waals surface area contributed by atoms with Gasteiger partial charge in [0.05, 0.1) is 0 Å². The Bertz CT molecular complexity index is 621. The average molecular weight is 360 g/mol. The fourth-order valence-corrected chi connectivity index (χ4v) is 4.28. The first-order valence-electron chi connectivity index (χ1n) is 9.69. The fourth-order valence-electron chi connectivity index (χ4n) is 4.28. The Morgan fingerprint density at radius 1 is 1.19 bits per heavy atom. The van der Waals surface area contributed by atoms with Crippen molar-refractivity contribution < 1.29 is 9.53 Å². The highest BCUT2D eigenvalue weighted by Gasteiger charge is 2.43. The first kappa shape index (κ1) is 19.0. The zero-order valence-electron chi connectivity index (χ0n) is 16.8. The molecule has 0 spiro atoms. The number of nitrogens with zero attached hydrogens (tertiary/aromatic N) is 2. The van der Waals surface area contributed by atoms with Crippen LogP contribution in [0.3, 0.4) is 0 Å². The van der Waals surface area contributed by atoms with Crippen molar-refractivity contribution in [2.24, 2.45) is 11.8 Å². The normalized spacial score (nSPS) is 25.8. The number of hydrogen-bond donors (Lipinski definition) is 1. The molecule has 0 aromatic heterocycles. The molecule has 0 radical (unpaired) electrons. The number of anilines is 1. The number of carbonyl (C=O) groups is 1. The van der Waals surface area contributed by atoms with Crippen molar-refractivity contribution >= 4 is 11.8 Å². The van der Waals surface area contributed by atoms with E-state index in [1.165, 1.54) is 17.7 Å². The smallest absolute Gasteiger partial charge is 0.407 e. The van der Waals surface area contributed by atoms with Gasteiger partial charge in [-0.2, -0.15) is 0 Å². The maximum atomic E-state index is 12.1. The highest BCUT2D eigenvalue weighted by atomic mass is 16.6. The van der Waals surface area contributed by atoms with Gasteiger partial charge < -0.3 is 15.0 Å². The summed E-state index contributed by atoms with van der Waals surface area (Å²) in [6, 6.07) is 9.05. The highest BCUT2D eigenvalue weighted by molar-refractivity contribution is 5.68. The highest BCUT2D eigenvalue weighted by Crippen LogP contribution is 2.38. The number of rotatable bonds is 4. The molecule has 0 unspecified atom stereocenters. The van der Waals surface area contributed by atoms with Gasteiger partial charge in [-0.05, 0) is 63.1 Å². The fraction of sp³-hybridized carbons (Fsp3) is 0.667. The third kappa shape index (κ3) is 4.70. The van der Waals surface area contributed by atoms with E-state index in [0.29, 0.717) is 11.8 Å². The van der Waals surface area contributed by atoms with Crippen molar-refractivity contribution in [3.63, 3.8) is 0 Å². The Morgan fingerprint density at radius 3 is 2.50 bits per heavy atom. The molecule has 0 bridgehead atoms. The molecule has 3 atom stereocenters. The van der Waals surface area contributed by atoms with E-state index in [2.05, 4.69) is 53.5 Å². The van der Waals surface area contributed by atoms with Crippen LogP contribution in [0.25, 0.3) is 0 Å². The molecule has 1 N–H and O–H groups in total. The summed E-state index contributed by atoms with van der Waals surface area (Å²) in [5.41, 5.74) is 2.14. The van der Waals surface area contributed by atoms with Gasteiger partial charge in [-0.15, -0.1) is 0 Å². The summed E-state index contributed by atoms with van der Waals surface area (Å²) in [5, 5.41) is 3.12. The number of ether oxygens (including phenoxy) is 1. The molecular weight excluding hydrogens is 326 g/mol. The minimum atomic E-state index is -0.442. The maximum Gasteiger partial charge on any atom is 0.407 e. The number of likely N-dealkylation sites (tertiary alicyclic amines) is 1. The molecule has 1 heterocycles. The van der Waals surface area contributed by atoms with Crippen LogP contribution in [-0.4, -0.2) is 49.8 Å². The van der Waals surface area contributed by atoms with Crippen molar-refractivity contribution in [3.05, 3.63) is 29.8 Å². The second-order valence-electron chi connectivity index (χ2n) is 9.01. The van der Waals surface area contributed by atoms with E-state index >= 15 is 0 Å². The Kier molecular flexibility index (Phi) is 5.47. The summed E-state index contributed by atoms with van der Waals surface area (Å²) >= 11 is 0. The van der Waals surface area contributed by atoms with Gasteiger partial charge in [-0.1, -0.05) is 12.1 Å². The van der Waals surface area contributed by atoms with E-state index in [-0.39, 0.29) is 12.1 Å². The van der Waals surface area contributed by atoms with Crippen LogP contribution in [0.1, 0.15) is 39.2 Å². The van der Waals surface area contributed by atoms with Gasteiger partial charge in [0.15, 0.2) is 0 Å². The van der Waals surface area contributed by atoms with Crippen molar-refractivity contribution in [3.8, 4) is 0 Å². The minimum Gasteiger partial charge on any atom is -0.444 e. The van der Waals surface area contributed by atoms with E-state index in [1.807, 2.05) is 20.8 Å². The summed E-state index contributed by atoms with van der Waals surface area (Å²) < 4.78 is 5.43. The van der Waals surface area contributed by atoms with E-state index in [9.17, 15) is 4.79 Å². The van der Waals surface area contributed by atoms with Crippen LogP contribution in [0.5, 0.6) is 0 Å². The Labute approximate surface area is 157 Å². The predicted molar refractivity (Wildman–Crippen MR) is 105 cm³/mol. The summed E-state index contributed by atoms with van der Waals surface area (Å²) in [4.78, 5) is 16.8. The van der Waals surface area contributed by atoms with Crippen LogP contribution in [0, 0.1) is 11.8 Å². The predicted octanol–water partition coefficient (Wildman–Crippen LogP) is 3.49. The molecule has 2 aliphatic rings. The molecule has 5 nitrogen and oxygen atoms in total. The van der Waals surface area contributed by atoms with Crippen LogP contribution in [0.4, 0.5) is 10.5 Å².